The number of rotatable bonds is 10. The molecular formula is C14H20N5O10P2S-3. The molecule has 2 aromatic heterocycles. The minimum atomic E-state index is -5.87. The predicted molar refractivity (Wildman–Crippen MR) is 104 cm³/mol. The van der Waals surface area contributed by atoms with Crippen molar-refractivity contribution in [1.82, 2.24) is 19.5 Å². The van der Waals surface area contributed by atoms with E-state index in [1.807, 2.05) is 6.92 Å². The fourth-order valence-electron chi connectivity index (χ4n) is 2.88. The fraction of sp³-hybridized carbons (Fsp3) is 0.643. The first kappa shape index (κ1) is 25.5. The largest absolute Gasteiger partial charge is 0.790 e. The number of imidazole rings is 1. The van der Waals surface area contributed by atoms with Crippen molar-refractivity contribution in [2.24, 2.45) is 0 Å². The van der Waals surface area contributed by atoms with Crippen LogP contribution in [-0.2, 0) is 22.7 Å². The topological polar surface area (TPSA) is 241 Å². The number of phosphoric acid groups is 2. The summed E-state index contributed by atoms with van der Waals surface area (Å²) in [5, 5.41) is 21.0. The number of ether oxygens (including phenoxy) is 1. The Kier molecular flexibility index (Phi) is 7.95. The maximum absolute atomic E-state index is 11.4. The number of nitrogens with zero attached hydrogens (tertiary/aromatic N) is 4. The SMILES string of the molecule is CCCCSc1nc(N)c2ncn(C3OC(COP(=O)([O-])OP(=O)([O-])[O-])C(O)C3O)c2n1. The molecule has 32 heavy (non-hydrogen) atoms. The third-order valence-electron chi connectivity index (χ3n) is 4.37. The fourth-order valence-corrected chi connectivity index (χ4v) is 5.31. The van der Waals surface area contributed by atoms with Crippen LogP contribution in [-0.4, -0.2) is 60.4 Å². The van der Waals surface area contributed by atoms with Gasteiger partial charge in [0.25, 0.3) is 7.82 Å². The highest BCUT2D eigenvalue weighted by Gasteiger charge is 2.45. The number of aliphatic hydroxyl groups is 2. The highest BCUT2D eigenvalue weighted by Crippen LogP contribution is 2.50. The molecule has 15 nitrogen and oxygen atoms in total. The van der Waals surface area contributed by atoms with Crippen LogP contribution in [0.1, 0.15) is 26.0 Å². The summed E-state index contributed by atoms with van der Waals surface area (Å²) in [6.07, 6.45) is -2.71. The van der Waals surface area contributed by atoms with E-state index in [2.05, 4.69) is 23.8 Å². The van der Waals surface area contributed by atoms with E-state index >= 15 is 0 Å². The van der Waals surface area contributed by atoms with Crippen molar-refractivity contribution in [2.45, 2.75) is 49.5 Å². The maximum Gasteiger partial charge on any atom is 0.271 e. The van der Waals surface area contributed by atoms with Crippen LogP contribution >= 0.6 is 27.4 Å². The summed E-state index contributed by atoms with van der Waals surface area (Å²) in [4.78, 5) is 45.0. The van der Waals surface area contributed by atoms with Crippen molar-refractivity contribution < 1.29 is 47.6 Å². The Balaban J connectivity index is 1.78. The van der Waals surface area contributed by atoms with Gasteiger partial charge in [0.1, 0.15) is 23.8 Å². The summed E-state index contributed by atoms with van der Waals surface area (Å²) in [6.45, 7) is 1.10. The third kappa shape index (κ3) is 6.04. The van der Waals surface area contributed by atoms with Gasteiger partial charge in [-0.05, 0) is 6.42 Å². The molecule has 0 bridgehead atoms. The molecule has 3 rings (SSSR count). The molecule has 1 aliphatic rings. The van der Waals surface area contributed by atoms with E-state index < -0.39 is 46.8 Å². The lowest BCUT2D eigenvalue weighted by Gasteiger charge is -2.35. The van der Waals surface area contributed by atoms with Crippen LogP contribution in [0, 0.1) is 0 Å². The zero-order valence-corrected chi connectivity index (χ0v) is 19.1. The molecule has 0 radical (unpaired) electrons. The van der Waals surface area contributed by atoms with Gasteiger partial charge in [-0.25, -0.2) is 15.0 Å². The molecule has 180 valence electrons. The summed E-state index contributed by atoms with van der Waals surface area (Å²) in [5.41, 5.74) is 6.39. The summed E-state index contributed by atoms with van der Waals surface area (Å²) in [7, 11) is -11.4. The minimum Gasteiger partial charge on any atom is -0.790 e. The van der Waals surface area contributed by atoms with Gasteiger partial charge in [0.05, 0.1) is 20.8 Å². The zero-order chi connectivity index (χ0) is 23.7. The molecule has 0 aromatic carbocycles. The van der Waals surface area contributed by atoms with Crippen molar-refractivity contribution >= 4 is 44.4 Å². The Hall–Kier alpha value is -1.16. The van der Waals surface area contributed by atoms with Gasteiger partial charge in [-0.15, -0.1) is 0 Å². The van der Waals surface area contributed by atoms with Crippen molar-refractivity contribution in [2.75, 3.05) is 18.1 Å². The van der Waals surface area contributed by atoms with Crippen LogP contribution in [0.2, 0.25) is 0 Å². The Morgan fingerprint density at radius 1 is 1.28 bits per heavy atom. The van der Waals surface area contributed by atoms with E-state index in [4.69, 9.17) is 10.5 Å². The molecule has 0 spiro atoms. The number of fused-ring (bicyclic) bond motifs is 1. The lowest BCUT2D eigenvalue weighted by Crippen LogP contribution is -2.34. The normalized spacial score (nSPS) is 25.9. The quantitative estimate of drug-likeness (QED) is 0.138. The molecule has 18 heteroatoms. The Morgan fingerprint density at radius 2 is 2.00 bits per heavy atom. The molecule has 1 fully saturated rings. The summed E-state index contributed by atoms with van der Waals surface area (Å²) < 4.78 is 36.3. The molecule has 0 saturated carbocycles. The molecule has 2 aromatic rings. The second-order valence-corrected chi connectivity index (χ2v) is 10.5. The Bertz CT molecular complexity index is 1050. The first-order valence-corrected chi connectivity index (χ1v) is 13.2. The van der Waals surface area contributed by atoms with Gasteiger partial charge < -0.3 is 44.5 Å². The summed E-state index contributed by atoms with van der Waals surface area (Å²) >= 11 is 1.38. The van der Waals surface area contributed by atoms with E-state index in [0.29, 0.717) is 5.16 Å². The minimum absolute atomic E-state index is 0.102. The number of phosphoric ester groups is 1. The lowest BCUT2D eigenvalue weighted by atomic mass is 10.1. The van der Waals surface area contributed by atoms with E-state index in [1.165, 1.54) is 22.7 Å². The van der Waals surface area contributed by atoms with Gasteiger partial charge in [0, 0.05) is 5.75 Å². The van der Waals surface area contributed by atoms with E-state index in [0.717, 1.165) is 18.6 Å². The van der Waals surface area contributed by atoms with E-state index in [9.17, 15) is 34.0 Å². The van der Waals surface area contributed by atoms with Crippen LogP contribution in [0.3, 0.4) is 0 Å². The van der Waals surface area contributed by atoms with Gasteiger partial charge in [0.15, 0.2) is 22.8 Å². The van der Waals surface area contributed by atoms with Gasteiger partial charge in [-0.1, -0.05) is 25.1 Å². The number of aliphatic hydroxyl groups excluding tert-OH is 2. The Labute approximate surface area is 185 Å². The molecular weight excluding hydrogens is 492 g/mol. The smallest absolute Gasteiger partial charge is 0.271 e. The molecule has 5 unspecified atom stereocenters. The predicted octanol–water partition coefficient (Wildman–Crippen LogP) is -1.75. The molecule has 0 amide bonds. The van der Waals surface area contributed by atoms with Crippen LogP contribution in [0.5, 0.6) is 0 Å². The van der Waals surface area contributed by atoms with Crippen molar-refractivity contribution in [1.29, 1.82) is 0 Å². The molecule has 4 N–H and O–H groups in total. The zero-order valence-electron chi connectivity index (χ0n) is 16.5. The van der Waals surface area contributed by atoms with Crippen molar-refractivity contribution in [3.63, 3.8) is 0 Å². The summed E-state index contributed by atoms with van der Waals surface area (Å²) in [6, 6.07) is 0. The number of thioether (sulfide) groups is 1. The number of nitrogens with two attached hydrogens (primary N) is 1. The molecule has 5 atom stereocenters. The molecule has 3 heterocycles. The standard InChI is InChI=1S/C14H23N5O10P2S/c1-2-3-4-32-14-17-11(15)8-12(18-14)19(6-16-8)13-10(21)9(20)7(28-13)5-27-31(25,26)29-30(22,23)24/h6-7,9-10,13,20-21H,2-5H2,1H3,(H,25,26)(H2,15,17,18)(H2,22,23,24)/p-3. The number of hydrogen-bond donors (Lipinski definition) is 3. The van der Waals surface area contributed by atoms with Crippen molar-refractivity contribution in [3.05, 3.63) is 6.33 Å². The molecule has 0 aliphatic carbocycles. The number of anilines is 1. The van der Waals surface area contributed by atoms with Gasteiger partial charge in [-0.2, -0.15) is 0 Å². The number of aromatic nitrogens is 4. The first-order valence-electron chi connectivity index (χ1n) is 9.25. The van der Waals surface area contributed by atoms with Crippen LogP contribution < -0.4 is 20.4 Å². The van der Waals surface area contributed by atoms with Crippen LogP contribution in [0.4, 0.5) is 5.82 Å². The molecule has 1 saturated heterocycles. The third-order valence-corrected chi connectivity index (χ3v) is 7.36. The number of hydrogen-bond acceptors (Lipinski definition) is 15. The Morgan fingerprint density at radius 3 is 2.66 bits per heavy atom. The molecule has 1 aliphatic heterocycles. The second-order valence-electron chi connectivity index (χ2n) is 6.74. The van der Waals surface area contributed by atoms with Gasteiger partial charge >= 0.3 is 0 Å². The average molecular weight is 512 g/mol. The van der Waals surface area contributed by atoms with Gasteiger partial charge in [-0.3, -0.25) is 13.4 Å². The van der Waals surface area contributed by atoms with Gasteiger partial charge in [0.2, 0.25) is 0 Å². The number of nitrogen functional groups attached to an aromatic ring is 1. The van der Waals surface area contributed by atoms with Crippen LogP contribution in [0.15, 0.2) is 11.5 Å². The van der Waals surface area contributed by atoms with Crippen molar-refractivity contribution in [3.8, 4) is 0 Å². The maximum atomic E-state index is 11.4. The highest BCUT2D eigenvalue weighted by molar-refractivity contribution is 7.99. The monoisotopic (exact) mass is 512 g/mol. The highest BCUT2D eigenvalue weighted by atomic mass is 32.2. The second kappa shape index (κ2) is 9.99. The van der Waals surface area contributed by atoms with Crippen LogP contribution in [0.25, 0.3) is 11.2 Å². The number of unbranched alkanes of at least 4 members (excludes halogenated alkanes) is 1. The lowest BCUT2D eigenvalue weighted by molar-refractivity contribution is -0.339. The van der Waals surface area contributed by atoms with E-state index in [-0.39, 0.29) is 17.0 Å². The average Bonchev–Trinajstić information content (AvgIpc) is 3.21. The van der Waals surface area contributed by atoms with E-state index in [1.54, 1.807) is 0 Å². The summed E-state index contributed by atoms with van der Waals surface area (Å²) in [5.74, 6) is 0.859. The first-order chi connectivity index (χ1) is 14.9.